The highest BCUT2D eigenvalue weighted by molar-refractivity contribution is 7.80. The topological polar surface area (TPSA) is 108 Å². The van der Waals surface area contributed by atoms with E-state index in [0.29, 0.717) is 11.1 Å². The lowest BCUT2D eigenvalue weighted by atomic mass is 9.87. The van der Waals surface area contributed by atoms with Crippen molar-refractivity contribution in [1.29, 1.82) is 0 Å². The number of nitrogens with one attached hydrogen (secondary N) is 2. The average molecular weight is 508 g/mol. The molecule has 0 aliphatic heterocycles. The summed E-state index contributed by atoms with van der Waals surface area (Å²) >= 11 is 4.31. The number of carbonyl (C=O) groups excluding carboxylic acids is 3. The average Bonchev–Trinajstić information content (AvgIpc) is 2.71. The van der Waals surface area contributed by atoms with Gasteiger partial charge in [-0.15, -0.1) is 0 Å². The van der Waals surface area contributed by atoms with Crippen molar-refractivity contribution in [2.75, 3.05) is 5.75 Å². The van der Waals surface area contributed by atoms with Gasteiger partial charge in [0.2, 0.25) is 11.8 Å². The van der Waals surface area contributed by atoms with Crippen LogP contribution >= 0.6 is 12.6 Å². The van der Waals surface area contributed by atoms with Crippen molar-refractivity contribution in [2.24, 2.45) is 0 Å². The van der Waals surface area contributed by atoms with Crippen LogP contribution in [0, 0.1) is 6.92 Å². The molecule has 0 heterocycles. The lowest BCUT2D eigenvalue weighted by Crippen LogP contribution is -2.58. The minimum atomic E-state index is -1.05. The largest absolute Gasteiger partial charge is 0.507 e. The first kappa shape index (κ1) is 28.8. The van der Waals surface area contributed by atoms with Crippen molar-refractivity contribution in [3.8, 4) is 5.75 Å². The standard InChI is InChI=1S/C26H41N3O5S/c1-7-10-17(3)27-23(31)21(19-14-8-11-16(2)22(19)30)29(18-12-9-13-18)24(32)20(15-35)28-25(33)34-26(4,5)6/h8,11,14,17-18,20-21,30,35H,7,9-10,12-13,15H2,1-6H3,(H,27,31)(H,28,33). The molecule has 0 aromatic heterocycles. The molecule has 1 aliphatic rings. The fourth-order valence-corrected chi connectivity index (χ4v) is 4.39. The van der Waals surface area contributed by atoms with E-state index in [9.17, 15) is 19.5 Å². The van der Waals surface area contributed by atoms with Gasteiger partial charge < -0.3 is 25.4 Å². The molecule has 2 rings (SSSR count). The normalized spacial score (nSPS) is 16.4. The molecule has 1 aromatic carbocycles. The summed E-state index contributed by atoms with van der Waals surface area (Å²) in [5, 5.41) is 16.5. The molecule has 0 bridgehead atoms. The molecule has 8 nitrogen and oxygen atoms in total. The van der Waals surface area contributed by atoms with E-state index in [2.05, 4.69) is 23.3 Å². The van der Waals surface area contributed by atoms with E-state index in [4.69, 9.17) is 4.74 Å². The number of para-hydroxylation sites is 1. The molecule has 1 aromatic rings. The minimum Gasteiger partial charge on any atom is -0.507 e. The van der Waals surface area contributed by atoms with Crippen LogP contribution in [0.3, 0.4) is 0 Å². The van der Waals surface area contributed by atoms with E-state index in [1.807, 2.05) is 13.8 Å². The molecule has 1 fully saturated rings. The number of hydrogen-bond acceptors (Lipinski definition) is 6. The Hall–Kier alpha value is -2.42. The number of aryl methyl sites for hydroxylation is 1. The van der Waals surface area contributed by atoms with E-state index in [1.165, 1.54) is 4.90 Å². The molecule has 0 spiro atoms. The van der Waals surface area contributed by atoms with Gasteiger partial charge in [-0.1, -0.05) is 31.5 Å². The molecule has 1 saturated carbocycles. The van der Waals surface area contributed by atoms with Crippen molar-refractivity contribution >= 4 is 30.5 Å². The number of thiol groups is 1. The van der Waals surface area contributed by atoms with Crippen molar-refractivity contribution in [1.82, 2.24) is 15.5 Å². The Morgan fingerprint density at radius 2 is 1.89 bits per heavy atom. The number of alkyl carbamates (subject to hydrolysis) is 1. The minimum absolute atomic E-state index is 0.0181. The first-order valence-corrected chi connectivity index (χ1v) is 13.0. The fraction of sp³-hybridized carbons (Fsp3) is 0.654. The summed E-state index contributed by atoms with van der Waals surface area (Å²) in [7, 11) is 0. The number of phenols is 1. The Balaban J connectivity index is 2.48. The van der Waals surface area contributed by atoms with Gasteiger partial charge in [0.1, 0.15) is 23.4 Å². The molecule has 3 atom stereocenters. The predicted octanol–water partition coefficient (Wildman–Crippen LogP) is 4.25. The first-order chi connectivity index (χ1) is 16.4. The highest BCUT2D eigenvalue weighted by Gasteiger charge is 2.42. The van der Waals surface area contributed by atoms with Crippen LogP contribution in [0.25, 0.3) is 0 Å². The molecule has 3 unspecified atom stereocenters. The van der Waals surface area contributed by atoms with E-state index in [1.54, 1.807) is 45.9 Å². The molecule has 0 radical (unpaired) electrons. The third-order valence-corrected chi connectivity index (χ3v) is 6.46. The van der Waals surface area contributed by atoms with Crippen LogP contribution in [0.2, 0.25) is 0 Å². The number of carbonyl (C=O) groups is 3. The molecule has 35 heavy (non-hydrogen) atoms. The monoisotopic (exact) mass is 507 g/mol. The SMILES string of the molecule is CCCC(C)NC(=O)C(c1cccc(C)c1O)N(C(=O)C(CS)NC(=O)OC(C)(C)C)C1CCC1. The van der Waals surface area contributed by atoms with Crippen molar-refractivity contribution in [3.05, 3.63) is 29.3 Å². The lowest BCUT2D eigenvalue weighted by molar-refractivity contribution is -0.147. The third kappa shape index (κ3) is 7.78. The Bertz CT molecular complexity index is 897. The van der Waals surface area contributed by atoms with Crippen LogP contribution in [0.4, 0.5) is 4.79 Å². The molecule has 0 saturated heterocycles. The highest BCUT2D eigenvalue weighted by Crippen LogP contribution is 2.38. The van der Waals surface area contributed by atoms with Crippen molar-refractivity contribution in [3.63, 3.8) is 0 Å². The number of nitrogens with zero attached hydrogens (tertiary/aromatic N) is 1. The van der Waals surface area contributed by atoms with Gasteiger partial charge in [-0.3, -0.25) is 9.59 Å². The van der Waals surface area contributed by atoms with Gasteiger partial charge in [-0.2, -0.15) is 12.6 Å². The third-order valence-electron chi connectivity index (χ3n) is 6.09. The number of hydrogen-bond donors (Lipinski definition) is 4. The van der Waals surface area contributed by atoms with Gasteiger partial charge >= 0.3 is 6.09 Å². The summed E-state index contributed by atoms with van der Waals surface area (Å²) < 4.78 is 5.33. The number of benzene rings is 1. The van der Waals surface area contributed by atoms with E-state index in [-0.39, 0.29) is 29.5 Å². The Morgan fingerprint density at radius 3 is 2.40 bits per heavy atom. The van der Waals surface area contributed by atoms with Gasteiger partial charge in [-0.25, -0.2) is 4.79 Å². The second-order valence-corrected chi connectivity index (χ2v) is 10.7. The Morgan fingerprint density at radius 1 is 1.23 bits per heavy atom. The molecule has 9 heteroatoms. The second-order valence-electron chi connectivity index (χ2n) is 10.3. The Kier molecular flexibility index (Phi) is 10.3. The summed E-state index contributed by atoms with van der Waals surface area (Å²) in [6.45, 7) is 10.9. The van der Waals surface area contributed by atoms with Gasteiger partial charge in [0.15, 0.2) is 0 Å². The maximum Gasteiger partial charge on any atom is 0.408 e. The summed E-state index contributed by atoms with van der Waals surface area (Å²) in [5.41, 5.74) is 0.245. The number of rotatable bonds is 10. The van der Waals surface area contributed by atoms with E-state index in [0.717, 1.165) is 32.1 Å². The lowest BCUT2D eigenvalue weighted by Gasteiger charge is -2.43. The number of amides is 3. The second kappa shape index (κ2) is 12.5. The molecule has 3 N–H and O–H groups in total. The summed E-state index contributed by atoms with van der Waals surface area (Å²) in [6.07, 6.45) is 3.36. The van der Waals surface area contributed by atoms with E-state index >= 15 is 0 Å². The zero-order valence-electron chi connectivity index (χ0n) is 21.8. The first-order valence-electron chi connectivity index (χ1n) is 12.4. The van der Waals surface area contributed by atoms with Crippen LogP contribution in [-0.4, -0.2) is 57.4 Å². The summed E-state index contributed by atoms with van der Waals surface area (Å²) in [4.78, 5) is 41.5. The van der Waals surface area contributed by atoms with Crippen molar-refractivity contribution < 1.29 is 24.2 Å². The zero-order valence-corrected chi connectivity index (χ0v) is 22.7. The molecule has 196 valence electrons. The molecule has 1 aliphatic carbocycles. The van der Waals surface area contributed by atoms with Crippen LogP contribution in [0.5, 0.6) is 5.75 Å². The summed E-state index contributed by atoms with van der Waals surface area (Å²) in [6, 6.07) is 2.86. The van der Waals surface area contributed by atoms with Crippen LogP contribution in [-0.2, 0) is 14.3 Å². The number of aromatic hydroxyl groups is 1. The molecular weight excluding hydrogens is 466 g/mol. The predicted molar refractivity (Wildman–Crippen MR) is 140 cm³/mol. The number of phenolic OH excluding ortho intramolecular Hbond substituents is 1. The van der Waals surface area contributed by atoms with Crippen LogP contribution in [0.15, 0.2) is 18.2 Å². The maximum atomic E-state index is 13.9. The van der Waals surface area contributed by atoms with Gasteiger partial charge in [-0.05, 0) is 65.9 Å². The van der Waals surface area contributed by atoms with Crippen LogP contribution < -0.4 is 10.6 Å². The van der Waals surface area contributed by atoms with Gasteiger partial charge in [0.25, 0.3) is 0 Å². The fourth-order valence-electron chi connectivity index (χ4n) is 4.14. The summed E-state index contributed by atoms with van der Waals surface area (Å²) in [5.74, 6) is -0.778. The van der Waals surface area contributed by atoms with E-state index < -0.39 is 29.7 Å². The maximum absolute atomic E-state index is 13.9. The Labute approximate surface area is 214 Å². The quantitative estimate of drug-likeness (QED) is 0.354. The van der Waals surface area contributed by atoms with Gasteiger partial charge in [0, 0.05) is 23.4 Å². The zero-order chi connectivity index (χ0) is 26.3. The molecular formula is C26H41N3O5S. The van der Waals surface area contributed by atoms with Gasteiger partial charge in [0.05, 0.1) is 0 Å². The van der Waals surface area contributed by atoms with Crippen molar-refractivity contribution in [2.45, 2.75) is 103 Å². The molecule has 3 amide bonds. The van der Waals surface area contributed by atoms with Crippen LogP contribution in [0.1, 0.15) is 83.9 Å². The number of ether oxygens (including phenoxy) is 1. The highest BCUT2D eigenvalue weighted by atomic mass is 32.1. The smallest absolute Gasteiger partial charge is 0.408 e.